The third kappa shape index (κ3) is 6.13. The van der Waals surface area contributed by atoms with Crippen LogP contribution in [0.2, 0.25) is 0 Å². The molecule has 1 aliphatic heterocycles. The van der Waals surface area contributed by atoms with E-state index in [4.69, 9.17) is 9.84 Å². The summed E-state index contributed by atoms with van der Waals surface area (Å²) in [6, 6.07) is 16.0. The zero-order chi connectivity index (χ0) is 27.4. The molecule has 0 unspecified atom stereocenters. The van der Waals surface area contributed by atoms with Crippen LogP contribution in [0.1, 0.15) is 35.1 Å². The Hall–Kier alpha value is -3.92. The van der Waals surface area contributed by atoms with Crippen LogP contribution < -0.4 is 13.8 Å². The van der Waals surface area contributed by atoms with Gasteiger partial charge in [-0.05, 0) is 66.8 Å². The summed E-state index contributed by atoms with van der Waals surface area (Å²) < 4.78 is 64.4. The number of fused-ring (bicyclic) bond motifs is 1. The Balaban J connectivity index is 1.74. The standard InChI is InChI=1S/C28H27F2NO6S/c1-18-5-3-6-19(2)24(18)12-9-20-10-13-26-25(15-20)31(17-22(36-26)11-14-27(32)33)38(34,35)23-8-4-7-21(16-23)37-28(29)30/h3-10,12-13,15-16,22,28H,11,14,17H2,1-2H3,(H,32,33)/b12-9+/t22-/m0/s1. The SMILES string of the molecule is Cc1cccc(C)c1/C=C/c1ccc2c(c1)N(S(=O)(=O)c1cccc(OC(F)F)c1)C[C@H](CCC(=O)O)O2. The highest BCUT2D eigenvalue weighted by atomic mass is 32.2. The predicted octanol–water partition coefficient (Wildman–Crippen LogP) is 5.90. The first-order valence-corrected chi connectivity index (χ1v) is 13.3. The zero-order valence-corrected chi connectivity index (χ0v) is 21.6. The van der Waals surface area contributed by atoms with Crippen LogP contribution >= 0.6 is 0 Å². The second kappa shape index (κ2) is 11.2. The van der Waals surface area contributed by atoms with Crippen LogP contribution in [-0.2, 0) is 14.8 Å². The second-order valence-electron chi connectivity index (χ2n) is 8.93. The van der Waals surface area contributed by atoms with Crippen LogP contribution in [0.15, 0.2) is 65.6 Å². The van der Waals surface area contributed by atoms with Crippen molar-refractivity contribution in [1.29, 1.82) is 0 Å². The third-order valence-electron chi connectivity index (χ3n) is 6.20. The Bertz CT molecular complexity index is 1450. The fourth-order valence-electron chi connectivity index (χ4n) is 4.30. The van der Waals surface area contributed by atoms with Crippen molar-refractivity contribution in [1.82, 2.24) is 0 Å². The van der Waals surface area contributed by atoms with Crippen LogP contribution in [0.5, 0.6) is 11.5 Å². The molecule has 3 aromatic carbocycles. The van der Waals surface area contributed by atoms with Crippen molar-refractivity contribution < 1.29 is 36.6 Å². The van der Waals surface area contributed by atoms with E-state index in [1.807, 2.05) is 44.2 Å². The van der Waals surface area contributed by atoms with Crippen molar-refractivity contribution in [2.45, 2.75) is 44.3 Å². The number of sulfonamides is 1. The van der Waals surface area contributed by atoms with Gasteiger partial charge < -0.3 is 14.6 Å². The number of aliphatic carboxylic acids is 1. The van der Waals surface area contributed by atoms with Crippen molar-refractivity contribution in [2.24, 2.45) is 0 Å². The molecule has 1 atom stereocenters. The zero-order valence-electron chi connectivity index (χ0n) is 20.8. The molecule has 0 saturated carbocycles. The molecule has 0 saturated heterocycles. The molecule has 0 spiro atoms. The van der Waals surface area contributed by atoms with Gasteiger partial charge in [0.15, 0.2) is 0 Å². The van der Waals surface area contributed by atoms with Gasteiger partial charge in [0.2, 0.25) is 0 Å². The predicted molar refractivity (Wildman–Crippen MR) is 140 cm³/mol. The molecule has 38 heavy (non-hydrogen) atoms. The molecule has 4 rings (SSSR count). The van der Waals surface area contributed by atoms with Crippen LogP contribution in [-0.4, -0.2) is 38.8 Å². The number of ether oxygens (including phenoxy) is 2. The number of nitrogens with zero attached hydrogens (tertiary/aromatic N) is 1. The molecule has 0 aliphatic carbocycles. The van der Waals surface area contributed by atoms with Gasteiger partial charge in [0, 0.05) is 12.5 Å². The van der Waals surface area contributed by atoms with Gasteiger partial charge in [0.05, 0.1) is 17.1 Å². The first-order chi connectivity index (χ1) is 18.0. The number of rotatable bonds is 9. The van der Waals surface area contributed by atoms with Crippen LogP contribution in [0.25, 0.3) is 12.2 Å². The minimum Gasteiger partial charge on any atom is -0.486 e. The van der Waals surface area contributed by atoms with Gasteiger partial charge in [-0.25, -0.2) is 8.42 Å². The lowest BCUT2D eigenvalue weighted by atomic mass is 10.0. The largest absolute Gasteiger partial charge is 0.486 e. The Morgan fingerprint density at radius 1 is 1.11 bits per heavy atom. The molecule has 1 aliphatic rings. The van der Waals surface area contributed by atoms with E-state index in [1.54, 1.807) is 18.2 Å². The normalized spacial score (nSPS) is 15.4. The molecule has 0 radical (unpaired) electrons. The molecule has 1 heterocycles. The third-order valence-corrected chi connectivity index (χ3v) is 7.97. The summed E-state index contributed by atoms with van der Waals surface area (Å²) >= 11 is 0. The highest BCUT2D eigenvalue weighted by Gasteiger charge is 2.35. The van der Waals surface area contributed by atoms with E-state index < -0.39 is 28.7 Å². The van der Waals surface area contributed by atoms with Gasteiger partial charge in [-0.15, -0.1) is 0 Å². The summed E-state index contributed by atoms with van der Waals surface area (Å²) in [6.07, 6.45) is 2.99. The van der Waals surface area contributed by atoms with Crippen LogP contribution in [0.4, 0.5) is 14.5 Å². The molecule has 7 nitrogen and oxygen atoms in total. The van der Waals surface area contributed by atoms with E-state index in [0.29, 0.717) is 5.56 Å². The van der Waals surface area contributed by atoms with Gasteiger partial charge in [0.25, 0.3) is 10.0 Å². The fraction of sp³-hybridized carbons (Fsp3) is 0.250. The lowest BCUT2D eigenvalue weighted by Crippen LogP contribution is -2.43. The molecule has 0 aromatic heterocycles. The Morgan fingerprint density at radius 2 is 1.82 bits per heavy atom. The van der Waals surface area contributed by atoms with E-state index >= 15 is 0 Å². The van der Waals surface area contributed by atoms with Crippen molar-refractivity contribution >= 4 is 33.8 Å². The number of carbonyl (C=O) groups is 1. The highest BCUT2D eigenvalue weighted by Crippen LogP contribution is 2.39. The molecular formula is C28H27F2NO6S. The van der Waals surface area contributed by atoms with E-state index in [1.165, 1.54) is 18.2 Å². The van der Waals surface area contributed by atoms with Gasteiger partial charge in [-0.1, -0.05) is 42.5 Å². The smallest absolute Gasteiger partial charge is 0.387 e. The molecule has 0 amide bonds. The van der Waals surface area contributed by atoms with Crippen molar-refractivity contribution in [2.75, 3.05) is 10.8 Å². The highest BCUT2D eigenvalue weighted by molar-refractivity contribution is 7.92. The van der Waals surface area contributed by atoms with Crippen LogP contribution in [0.3, 0.4) is 0 Å². The molecule has 1 N–H and O–H groups in total. The summed E-state index contributed by atoms with van der Waals surface area (Å²) in [4.78, 5) is 10.9. The number of hydrogen-bond donors (Lipinski definition) is 1. The van der Waals surface area contributed by atoms with Gasteiger partial charge in [-0.2, -0.15) is 8.78 Å². The number of halogens is 2. The molecular weight excluding hydrogens is 516 g/mol. The molecule has 0 fully saturated rings. The van der Waals surface area contributed by atoms with Gasteiger partial charge in [-0.3, -0.25) is 9.10 Å². The van der Waals surface area contributed by atoms with Gasteiger partial charge >= 0.3 is 12.6 Å². The number of carboxylic acid groups (broad SMARTS) is 1. The average molecular weight is 544 g/mol. The van der Waals surface area contributed by atoms with Crippen molar-refractivity contribution in [3.05, 3.63) is 82.9 Å². The maximum atomic E-state index is 13.7. The Kier molecular flexibility index (Phi) is 8.01. The summed E-state index contributed by atoms with van der Waals surface area (Å²) in [5.74, 6) is -1.04. The number of alkyl halides is 2. The van der Waals surface area contributed by atoms with E-state index in [2.05, 4.69) is 4.74 Å². The quantitative estimate of drug-likeness (QED) is 0.338. The topological polar surface area (TPSA) is 93.1 Å². The lowest BCUT2D eigenvalue weighted by molar-refractivity contribution is -0.137. The van der Waals surface area contributed by atoms with E-state index in [9.17, 15) is 22.0 Å². The van der Waals surface area contributed by atoms with E-state index in [0.717, 1.165) is 27.1 Å². The summed E-state index contributed by atoms with van der Waals surface area (Å²) in [5, 5.41) is 9.10. The number of hydrogen-bond acceptors (Lipinski definition) is 5. The summed E-state index contributed by atoms with van der Waals surface area (Å²) in [7, 11) is -4.25. The Morgan fingerprint density at radius 3 is 2.50 bits per heavy atom. The van der Waals surface area contributed by atoms with E-state index in [-0.39, 0.29) is 41.5 Å². The maximum Gasteiger partial charge on any atom is 0.387 e. The molecule has 3 aromatic rings. The number of carboxylic acids is 1. The van der Waals surface area contributed by atoms with Crippen molar-refractivity contribution in [3.63, 3.8) is 0 Å². The first-order valence-electron chi connectivity index (χ1n) is 11.9. The second-order valence-corrected chi connectivity index (χ2v) is 10.8. The fourth-order valence-corrected chi connectivity index (χ4v) is 5.84. The van der Waals surface area contributed by atoms with Crippen molar-refractivity contribution in [3.8, 4) is 11.5 Å². The monoisotopic (exact) mass is 543 g/mol. The number of aryl methyl sites for hydroxylation is 2. The molecule has 200 valence electrons. The summed E-state index contributed by atoms with van der Waals surface area (Å²) in [6.45, 7) is 0.756. The lowest BCUT2D eigenvalue weighted by Gasteiger charge is -2.35. The maximum absolute atomic E-state index is 13.7. The Labute approximate surface area is 220 Å². The number of anilines is 1. The first kappa shape index (κ1) is 27.1. The molecule has 0 bridgehead atoms. The van der Waals surface area contributed by atoms with Crippen LogP contribution in [0, 0.1) is 13.8 Å². The average Bonchev–Trinajstić information content (AvgIpc) is 2.86. The van der Waals surface area contributed by atoms with Gasteiger partial charge in [0.1, 0.15) is 17.6 Å². The number of benzene rings is 3. The summed E-state index contributed by atoms with van der Waals surface area (Å²) in [5.41, 5.74) is 4.22. The minimum atomic E-state index is -4.25. The minimum absolute atomic E-state index is 0.0868. The molecule has 10 heteroatoms.